The van der Waals surface area contributed by atoms with E-state index in [4.69, 9.17) is 22.1 Å². The molecule has 39 heavy (non-hydrogen) atoms. The van der Waals surface area contributed by atoms with Gasteiger partial charge in [0.05, 0.1) is 22.7 Å². The number of aromatic nitrogens is 4. The SMILES string of the molecule is COCC(=O)N1CC[C@H](N(C(=O)C(N)=O)c2ccc(Cl)cn2)[C@H](NC(=O)c2cnc(-c3ccncc3)nc2)C1. The summed E-state index contributed by atoms with van der Waals surface area (Å²) in [5.74, 6) is -2.52. The standard InChI is InChI=1S/C25H25ClN8O5/c1-39-14-21(35)33-9-6-19(34(25(38)22(27)36)20-3-2-17(26)12-29-20)18(13-33)32-24(37)16-10-30-23(31-11-16)15-4-7-28-8-5-15/h2-5,7-8,10-12,18-19H,6,9,13-14H2,1H3,(H2,27,36)(H,32,37)/t18-,19+/m1/s1. The van der Waals surface area contributed by atoms with Gasteiger partial charge in [0, 0.05) is 56.7 Å². The Bertz CT molecular complexity index is 1340. The summed E-state index contributed by atoms with van der Waals surface area (Å²) in [6.07, 6.45) is 7.49. The molecule has 13 nitrogen and oxygen atoms in total. The van der Waals surface area contributed by atoms with Crippen molar-refractivity contribution in [3.05, 3.63) is 65.8 Å². The fourth-order valence-corrected chi connectivity index (χ4v) is 4.34. The number of likely N-dealkylation sites (tertiary alicyclic amines) is 1. The van der Waals surface area contributed by atoms with E-state index in [0.717, 1.165) is 10.5 Å². The highest BCUT2D eigenvalue weighted by molar-refractivity contribution is 6.40. The number of nitrogens with two attached hydrogens (primary N) is 1. The van der Waals surface area contributed by atoms with Crippen molar-refractivity contribution < 1.29 is 23.9 Å². The molecule has 0 unspecified atom stereocenters. The maximum atomic E-state index is 13.3. The third-order valence-electron chi connectivity index (χ3n) is 6.09. The van der Waals surface area contributed by atoms with Crippen LogP contribution in [0, 0.1) is 0 Å². The third kappa shape index (κ3) is 6.51. The van der Waals surface area contributed by atoms with Crippen LogP contribution in [0.25, 0.3) is 11.4 Å². The molecule has 0 aromatic carbocycles. The molecule has 4 amide bonds. The number of anilines is 1. The van der Waals surface area contributed by atoms with Crippen molar-refractivity contribution in [2.24, 2.45) is 5.73 Å². The average molecular weight is 553 g/mol. The monoisotopic (exact) mass is 552 g/mol. The molecule has 0 aliphatic carbocycles. The predicted octanol–water partition coefficient (Wildman–Crippen LogP) is 0.451. The van der Waals surface area contributed by atoms with E-state index in [1.165, 1.54) is 42.7 Å². The van der Waals surface area contributed by atoms with Crippen LogP contribution in [0.5, 0.6) is 0 Å². The van der Waals surface area contributed by atoms with Crippen LogP contribution in [0.1, 0.15) is 16.8 Å². The number of methoxy groups -OCH3 is 1. The largest absolute Gasteiger partial charge is 0.375 e. The molecular weight excluding hydrogens is 528 g/mol. The summed E-state index contributed by atoms with van der Waals surface area (Å²) in [4.78, 5) is 70.1. The van der Waals surface area contributed by atoms with Crippen LogP contribution in [-0.4, -0.2) is 87.4 Å². The Labute approximate surface area is 228 Å². The number of nitrogens with zero attached hydrogens (tertiary/aromatic N) is 6. The predicted molar refractivity (Wildman–Crippen MR) is 139 cm³/mol. The Morgan fingerprint density at radius 3 is 2.44 bits per heavy atom. The lowest BCUT2D eigenvalue weighted by Crippen LogP contribution is -2.64. The Morgan fingerprint density at radius 1 is 1.10 bits per heavy atom. The molecule has 0 saturated carbocycles. The van der Waals surface area contributed by atoms with Gasteiger partial charge in [-0.1, -0.05) is 11.6 Å². The minimum atomic E-state index is -1.20. The Hall–Kier alpha value is -4.49. The molecule has 202 valence electrons. The number of primary amides is 1. The van der Waals surface area contributed by atoms with Crippen LogP contribution in [0.3, 0.4) is 0 Å². The maximum absolute atomic E-state index is 13.3. The summed E-state index contributed by atoms with van der Waals surface area (Å²) in [7, 11) is 1.40. The van der Waals surface area contributed by atoms with Gasteiger partial charge in [0.25, 0.3) is 5.91 Å². The van der Waals surface area contributed by atoms with Crippen molar-refractivity contribution in [3.8, 4) is 11.4 Å². The van der Waals surface area contributed by atoms with E-state index in [1.54, 1.807) is 24.5 Å². The molecule has 3 aromatic rings. The zero-order valence-electron chi connectivity index (χ0n) is 20.9. The zero-order chi connectivity index (χ0) is 27.9. The highest BCUT2D eigenvalue weighted by Crippen LogP contribution is 2.25. The van der Waals surface area contributed by atoms with Gasteiger partial charge in [-0.15, -0.1) is 0 Å². The molecule has 1 aliphatic rings. The molecule has 0 spiro atoms. The number of carbonyl (C=O) groups is 4. The van der Waals surface area contributed by atoms with Crippen LogP contribution in [-0.2, 0) is 19.1 Å². The molecule has 3 aromatic heterocycles. The first-order chi connectivity index (χ1) is 18.8. The van der Waals surface area contributed by atoms with E-state index >= 15 is 0 Å². The van der Waals surface area contributed by atoms with E-state index in [0.29, 0.717) is 10.8 Å². The quantitative estimate of drug-likeness (QED) is 0.394. The van der Waals surface area contributed by atoms with Crippen LogP contribution >= 0.6 is 11.6 Å². The number of pyridine rings is 2. The molecule has 3 N–H and O–H groups in total. The zero-order valence-corrected chi connectivity index (χ0v) is 21.6. The minimum Gasteiger partial charge on any atom is -0.375 e. The van der Waals surface area contributed by atoms with Gasteiger partial charge in [-0.25, -0.2) is 15.0 Å². The molecule has 0 bridgehead atoms. The molecule has 1 aliphatic heterocycles. The van der Waals surface area contributed by atoms with Gasteiger partial charge in [-0.05, 0) is 30.7 Å². The topological polar surface area (TPSA) is 174 Å². The molecule has 0 radical (unpaired) electrons. The number of rotatable bonds is 7. The van der Waals surface area contributed by atoms with E-state index < -0.39 is 29.8 Å². The fourth-order valence-electron chi connectivity index (χ4n) is 4.23. The van der Waals surface area contributed by atoms with Crippen molar-refractivity contribution in [3.63, 3.8) is 0 Å². The lowest BCUT2D eigenvalue weighted by molar-refractivity contribution is -0.138. The number of hydrogen-bond donors (Lipinski definition) is 2. The van der Waals surface area contributed by atoms with E-state index in [2.05, 4.69) is 25.3 Å². The maximum Gasteiger partial charge on any atom is 0.317 e. The summed E-state index contributed by atoms with van der Waals surface area (Å²) < 4.78 is 4.97. The highest BCUT2D eigenvalue weighted by atomic mass is 35.5. The van der Waals surface area contributed by atoms with Crippen LogP contribution in [0.4, 0.5) is 5.82 Å². The Morgan fingerprint density at radius 2 is 1.82 bits per heavy atom. The van der Waals surface area contributed by atoms with Crippen LogP contribution < -0.4 is 16.0 Å². The summed E-state index contributed by atoms with van der Waals surface area (Å²) >= 11 is 5.96. The highest BCUT2D eigenvalue weighted by Gasteiger charge is 2.40. The first-order valence-electron chi connectivity index (χ1n) is 11.8. The number of amides is 4. The van der Waals surface area contributed by atoms with E-state index in [1.807, 2.05) is 0 Å². The van der Waals surface area contributed by atoms with Crippen molar-refractivity contribution in [1.82, 2.24) is 30.2 Å². The number of piperidine rings is 1. The van der Waals surface area contributed by atoms with Crippen molar-refractivity contribution >= 4 is 41.0 Å². The van der Waals surface area contributed by atoms with Gasteiger partial charge in [0.1, 0.15) is 12.4 Å². The third-order valence-corrected chi connectivity index (χ3v) is 6.31. The normalized spacial score (nSPS) is 16.8. The number of halogens is 1. The second-order valence-electron chi connectivity index (χ2n) is 8.61. The molecular formula is C25H25ClN8O5. The van der Waals surface area contributed by atoms with Gasteiger partial charge in [0.2, 0.25) is 5.91 Å². The average Bonchev–Trinajstić information content (AvgIpc) is 2.95. The molecule has 1 saturated heterocycles. The molecule has 14 heteroatoms. The van der Waals surface area contributed by atoms with Crippen molar-refractivity contribution in [1.29, 1.82) is 0 Å². The van der Waals surface area contributed by atoms with Gasteiger partial charge in [0.15, 0.2) is 5.82 Å². The van der Waals surface area contributed by atoms with Crippen molar-refractivity contribution in [2.75, 3.05) is 31.7 Å². The second kappa shape index (κ2) is 12.4. The first-order valence-corrected chi connectivity index (χ1v) is 12.2. The van der Waals surface area contributed by atoms with Crippen LogP contribution in [0.15, 0.2) is 55.2 Å². The van der Waals surface area contributed by atoms with E-state index in [9.17, 15) is 19.2 Å². The van der Waals surface area contributed by atoms with Gasteiger partial charge in [-0.3, -0.25) is 29.1 Å². The number of carbonyl (C=O) groups excluding carboxylic acids is 4. The number of nitrogens with one attached hydrogen (secondary N) is 1. The molecule has 1 fully saturated rings. The lowest BCUT2D eigenvalue weighted by Gasteiger charge is -2.43. The summed E-state index contributed by atoms with van der Waals surface area (Å²) in [5.41, 5.74) is 6.24. The molecule has 2 atom stereocenters. The molecule has 4 heterocycles. The van der Waals surface area contributed by atoms with Crippen LogP contribution in [0.2, 0.25) is 5.02 Å². The smallest absolute Gasteiger partial charge is 0.317 e. The minimum absolute atomic E-state index is 0.0324. The van der Waals surface area contributed by atoms with Crippen molar-refractivity contribution in [2.45, 2.75) is 18.5 Å². The van der Waals surface area contributed by atoms with E-state index in [-0.39, 0.29) is 43.4 Å². The summed E-state index contributed by atoms with van der Waals surface area (Å²) in [6.45, 7) is 0.113. The first kappa shape index (κ1) is 27.5. The number of hydrogen-bond acceptors (Lipinski definition) is 9. The Balaban J connectivity index is 1.63. The van der Waals surface area contributed by atoms with Gasteiger partial charge in [-0.2, -0.15) is 0 Å². The summed E-state index contributed by atoms with van der Waals surface area (Å²) in [5, 5.41) is 3.19. The van der Waals surface area contributed by atoms with Gasteiger partial charge < -0.3 is 20.7 Å². The van der Waals surface area contributed by atoms with Gasteiger partial charge >= 0.3 is 11.8 Å². The second-order valence-corrected chi connectivity index (χ2v) is 9.05. The summed E-state index contributed by atoms with van der Waals surface area (Å²) in [6, 6.07) is 4.87. The lowest BCUT2D eigenvalue weighted by atomic mass is 9.96. The number of ether oxygens (including phenoxy) is 1. The molecule has 4 rings (SSSR count). The Kier molecular flexibility index (Phi) is 8.74. The fraction of sp³-hybridized carbons (Fsp3) is 0.280.